The topological polar surface area (TPSA) is 48.0 Å². The van der Waals surface area contributed by atoms with E-state index < -0.39 is 0 Å². The number of halogens is 2. The quantitative estimate of drug-likeness (QED) is 0.587. The Morgan fingerprint density at radius 1 is 1.05 bits per heavy atom. The highest BCUT2D eigenvalue weighted by Gasteiger charge is 1.95. The standard InChI is InChI=1S/C8H7NO.C6H5Br2N/c10-8-5-6-3-1-2-4-7(6)9-8;7-5-3-1-2-4-9-6(5)8/h1-5,9-10H;1-4,9H. The van der Waals surface area contributed by atoms with Gasteiger partial charge >= 0.3 is 0 Å². The van der Waals surface area contributed by atoms with E-state index >= 15 is 0 Å². The number of nitrogens with one attached hydrogen (secondary N) is 2. The number of H-pyrrole nitrogens is 1. The molecule has 0 saturated heterocycles. The van der Waals surface area contributed by atoms with Gasteiger partial charge in [-0.15, -0.1) is 0 Å². The number of para-hydroxylation sites is 1. The molecule has 0 radical (unpaired) electrons. The molecule has 0 aliphatic carbocycles. The molecule has 0 amide bonds. The number of hydrogen-bond acceptors (Lipinski definition) is 2. The third-order valence-corrected chi connectivity index (χ3v) is 4.23. The van der Waals surface area contributed by atoms with Crippen LogP contribution in [0, 0.1) is 0 Å². The molecule has 3 rings (SSSR count). The molecule has 19 heavy (non-hydrogen) atoms. The summed E-state index contributed by atoms with van der Waals surface area (Å²) in [7, 11) is 0. The maximum atomic E-state index is 9.00. The van der Waals surface area contributed by atoms with E-state index in [9.17, 15) is 0 Å². The molecule has 0 bridgehead atoms. The fourth-order valence-corrected chi connectivity index (χ4v) is 2.05. The minimum atomic E-state index is 0.223. The molecule has 0 atom stereocenters. The predicted molar refractivity (Wildman–Crippen MR) is 86.3 cm³/mol. The van der Waals surface area contributed by atoms with E-state index in [2.05, 4.69) is 42.2 Å². The molecule has 1 aromatic heterocycles. The zero-order valence-electron chi connectivity index (χ0n) is 9.90. The number of allylic oxidation sites excluding steroid dienone is 4. The first-order chi connectivity index (χ1) is 9.16. The Kier molecular flexibility index (Phi) is 4.87. The van der Waals surface area contributed by atoms with E-state index in [0.29, 0.717) is 0 Å². The van der Waals surface area contributed by atoms with Crippen molar-refractivity contribution in [3.63, 3.8) is 0 Å². The van der Waals surface area contributed by atoms with Crippen molar-refractivity contribution in [2.75, 3.05) is 0 Å². The molecule has 0 spiro atoms. The number of aromatic nitrogens is 1. The Morgan fingerprint density at radius 2 is 1.84 bits per heavy atom. The lowest BCUT2D eigenvalue weighted by Crippen LogP contribution is -1.97. The highest BCUT2D eigenvalue weighted by Crippen LogP contribution is 2.18. The summed E-state index contributed by atoms with van der Waals surface area (Å²) in [6.07, 6.45) is 7.69. The lowest BCUT2D eigenvalue weighted by molar-refractivity contribution is 0.458. The SMILES string of the molecule is BrC1=C(Br)NC=CC=C1.Oc1cc2ccccc2[nH]1. The molecular formula is C14H12Br2N2O. The minimum Gasteiger partial charge on any atom is -0.495 e. The molecule has 3 N–H and O–H groups in total. The second-order valence-corrected chi connectivity index (χ2v) is 5.41. The van der Waals surface area contributed by atoms with Gasteiger partial charge in [-0.1, -0.05) is 24.3 Å². The smallest absolute Gasteiger partial charge is 0.189 e. The fraction of sp³-hybridized carbons (Fsp3) is 0. The third-order valence-electron chi connectivity index (χ3n) is 2.39. The molecule has 0 unspecified atom stereocenters. The number of fused-ring (bicyclic) bond motifs is 1. The van der Waals surface area contributed by atoms with E-state index in [-0.39, 0.29) is 5.88 Å². The third kappa shape index (κ3) is 4.01. The largest absolute Gasteiger partial charge is 0.495 e. The van der Waals surface area contributed by atoms with Crippen molar-refractivity contribution < 1.29 is 5.11 Å². The summed E-state index contributed by atoms with van der Waals surface area (Å²) >= 11 is 6.67. The van der Waals surface area contributed by atoms with Crippen LogP contribution in [0.3, 0.4) is 0 Å². The van der Waals surface area contributed by atoms with E-state index in [4.69, 9.17) is 5.11 Å². The Labute approximate surface area is 128 Å². The van der Waals surface area contributed by atoms with Gasteiger partial charge in [0, 0.05) is 27.7 Å². The van der Waals surface area contributed by atoms with Crippen molar-refractivity contribution in [3.05, 3.63) is 63.8 Å². The van der Waals surface area contributed by atoms with Crippen LogP contribution in [-0.2, 0) is 0 Å². The van der Waals surface area contributed by atoms with Gasteiger partial charge in [0.1, 0.15) is 0 Å². The van der Waals surface area contributed by atoms with Crippen molar-refractivity contribution in [2.24, 2.45) is 0 Å². The van der Waals surface area contributed by atoms with Crippen molar-refractivity contribution in [1.29, 1.82) is 0 Å². The van der Waals surface area contributed by atoms with Crippen molar-refractivity contribution in [3.8, 4) is 5.88 Å². The van der Waals surface area contributed by atoms with Crippen molar-refractivity contribution in [2.45, 2.75) is 0 Å². The Hall–Kier alpha value is -1.46. The molecule has 2 heterocycles. The number of hydrogen-bond donors (Lipinski definition) is 3. The second-order valence-electron chi connectivity index (χ2n) is 3.77. The Bertz CT molecular complexity index is 623. The molecule has 3 nitrogen and oxygen atoms in total. The van der Waals surface area contributed by atoms with Gasteiger partial charge in [0.05, 0.1) is 4.61 Å². The Morgan fingerprint density at radius 3 is 2.63 bits per heavy atom. The first kappa shape index (κ1) is 14.0. The van der Waals surface area contributed by atoms with Crippen LogP contribution in [0.5, 0.6) is 5.88 Å². The van der Waals surface area contributed by atoms with E-state index in [1.54, 1.807) is 6.07 Å². The van der Waals surface area contributed by atoms with E-state index in [1.807, 2.05) is 48.7 Å². The second kappa shape index (κ2) is 6.63. The van der Waals surface area contributed by atoms with Crippen LogP contribution in [0.15, 0.2) is 63.8 Å². The highest BCUT2D eigenvalue weighted by molar-refractivity contribution is 9.14. The van der Waals surface area contributed by atoms with Gasteiger partial charge in [-0.05, 0) is 50.1 Å². The zero-order valence-corrected chi connectivity index (χ0v) is 13.1. The molecule has 98 valence electrons. The average Bonchev–Trinajstić information content (AvgIpc) is 2.68. The normalized spacial score (nSPS) is 13.8. The van der Waals surface area contributed by atoms with Crippen molar-refractivity contribution >= 4 is 42.8 Å². The van der Waals surface area contributed by atoms with E-state index in [0.717, 1.165) is 20.0 Å². The fourth-order valence-electron chi connectivity index (χ4n) is 1.52. The maximum Gasteiger partial charge on any atom is 0.189 e. The van der Waals surface area contributed by atoms with Gasteiger partial charge in [-0.2, -0.15) is 0 Å². The van der Waals surface area contributed by atoms with Gasteiger partial charge < -0.3 is 15.4 Å². The summed E-state index contributed by atoms with van der Waals surface area (Å²) in [6, 6.07) is 9.45. The summed E-state index contributed by atoms with van der Waals surface area (Å²) in [5.41, 5.74) is 0.972. The lowest BCUT2D eigenvalue weighted by Gasteiger charge is -1.95. The molecule has 1 aliphatic rings. The summed E-state index contributed by atoms with van der Waals surface area (Å²) in [5, 5.41) is 13.0. The predicted octanol–water partition coefficient (Wildman–Crippen LogP) is 4.49. The summed E-state index contributed by atoms with van der Waals surface area (Å²) < 4.78 is 1.97. The van der Waals surface area contributed by atoms with Gasteiger partial charge in [-0.25, -0.2) is 0 Å². The zero-order chi connectivity index (χ0) is 13.7. The first-order valence-corrected chi connectivity index (χ1v) is 7.17. The van der Waals surface area contributed by atoms with Crippen LogP contribution < -0.4 is 5.32 Å². The number of benzene rings is 1. The molecular weight excluding hydrogens is 372 g/mol. The molecule has 1 aliphatic heterocycles. The molecule has 0 saturated carbocycles. The Balaban J connectivity index is 0.000000141. The van der Waals surface area contributed by atoms with Gasteiger partial charge in [-0.3, -0.25) is 0 Å². The summed E-state index contributed by atoms with van der Waals surface area (Å²) in [4.78, 5) is 2.81. The number of aromatic amines is 1. The molecule has 0 fully saturated rings. The highest BCUT2D eigenvalue weighted by atomic mass is 79.9. The van der Waals surface area contributed by atoms with Crippen LogP contribution in [-0.4, -0.2) is 10.1 Å². The van der Waals surface area contributed by atoms with Crippen LogP contribution >= 0.6 is 31.9 Å². The van der Waals surface area contributed by atoms with Crippen LogP contribution in [0.2, 0.25) is 0 Å². The van der Waals surface area contributed by atoms with Crippen LogP contribution in [0.25, 0.3) is 10.9 Å². The number of aromatic hydroxyl groups is 1. The molecule has 1 aromatic carbocycles. The molecule has 5 heteroatoms. The van der Waals surface area contributed by atoms with Crippen LogP contribution in [0.4, 0.5) is 0 Å². The minimum absolute atomic E-state index is 0.223. The maximum absolute atomic E-state index is 9.00. The van der Waals surface area contributed by atoms with E-state index in [1.165, 1.54) is 0 Å². The summed E-state index contributed by atoms with van der Waals surface area (Å²) in [5.74, 6) is 0.223. The monoisotopic (exact) mass is 382 g/mol. The lowest BCUT2D eigenvalue weighted by atomic mass is 10.3. The molecule has 2 aromatic rings. The number of rotatable bonds is 0. The average molecular weight is 384 g/mol. The summed E-state index contributed by atoms with van der Waals surface area (Å²) in [6.45, 7) is 0. The van der Waals surface area contributed by atoms with Gasteiger partial charge in [0.2, 0.25) is 0 Å². The van der Waals surface area contributed by atoms with Gasteiger partial charge in [0.15, 0.2) is 5.88 Å². The van der Waals surface area contributed by atoms with Gasteiger partial charge in [0.25, 0.3) is 0 Å². The van der Waals surface area contributed by atoms with Crippen molar-refractivity contribution in [1.82, 2.24) is 10.3 Å². The van der Waals surface area contributed by atoms with Crippen LogP contribution in [0.1, 0.15) is 0 Å². The first-order valence-electron chi connectivity index (χ1n) is 5.58.